The second-order valence-corrected chi connectivity index (χ2v) is 5.60. The van der Waals surface area contributed by atoms with Gasteiger partial charge in [-0.15, -0.1) is 11.3 Å². The summed E-state index contributed by atoms with van der Waals surface area (Å²) in [5.74, 6) is -1.08. The molecule has 0 aliphatic rings. The van der Waals surface area contributed by atoms with Crippen molar-refractivity contribution in [3.63, 3.8) is 0 Å². The SMILES string of the molecule is O=C(NCc1nc(C(=O)O)cs1)Nc1ccc(Br)cc1. The maximum absolute atomic E-state index is 11.6. The smallest absolute Gasteiger partial charge is 0.355 e. The van der Waals surface area contributed by atoms with Crippen LogP contribution in [-0.2, 0) is 6.54 Å². The van der Waals surface area contributed by atoms with Gasteiger partial charge < -0.3 is 15.7 Å². The number of halogens is 1. The Kier molecular flexibility index (Phi) is 4.70. The van der Waals surface area contributed by atoms with Gasteiger partial charge in [0.1, 0.15) is 5.01 Å². The molecular formula is C12H10BrN3O3S. The summed E-state index contributed by atoms with van der Waals surface area (Å²) in [7, 11) is 0. The van der Waals surface area contributed by atoms with Crippen LogP contribution in [0.25, 0.3) is 0 Å². The molecule has 104 valence electrons. The highest BCUT2D eigenvalue weighted by molar-refractivity contribution is 9.10. The van der Waals surface area contributed by atoms with E-state index in [0.717, 1.165) is 4.47 Å². The molecule has 0 aliphatic heterocycles. The molecular weight excluding hydrogens is 346 g/mol. The Hall–Kier alpha value is -1.93. The highest BCUT2D eigenvalue weighted by Crippen LogP contribution is 2.14. The number of urea groups is 1. The fraction of sp³-hybridized carbons (Fsp3) is 0.0833. The zero-order chi connectivity index (χ0) is 14.5. The molecule has 1 heterocycles. The lowest BCUT2D eigenvalue weighted by Crippen LogP contribution is -2.28. The van der Waals surface area contributed by atoms with E-state index in [4.69, 9.17) is 5.11 Å². The van der Waals surface area contributed by atoms with Crippen molar-refractivity contribution in [2.75, 3.05) is 5.32 Å². The Morgan fingerprint density at radius 2 is 2.00 bits per heavy atom. The van der Waals surface area contributed by atoms with Crippen LogP contribution in [0.4, 0.5) is 10.5 Å². The molecule has 0 radical (unpaired) electrons. The van der Waals surface area contributed by atoms with Crippen LogP contribution < -0.4 is 10.6 Å². The van der Waals surface area contributed by atoms with Gasteiger partial charge in [0.2, 0.25) is 0 Å². The van der Waals surface area contributed by atoms with E-state index in [-0.39, 0.29) is 18.3 Å². The summed E-state index contributed by atoms with van der Waals surface area (Å²) in [6.45, 7) is 0.181. The summed E-state index contributed by atoms with van der Waals surface area (Å²) in [6.07, 6.45) is 0. The normalized spacial score (nSPS) is 10.1. The van der Waals surface area contributed by atoms with Crippen LogP contribution >= 0.6 is 27.3 Å². The first-order valence-corrected chi connectivity index (χ1v) is 7.20. The van der Waals surface area contributed by atoms with Crippen molar-refractivity contribution in [3.8, 4) is 0 Å². The number of aromatic nitrogens is 1. The summed E-state index contributed by atoms with van der Waals surface area (Å²) in [5.41, 5.74) is 0.649. The predicted molar refractivity (Wildman–Crippen MR) is 79.1 cm³/mol. The maximum Gasteiger partial charge on any atom is 0.355 e. The molecule has 0 aliphatic carbocycles. The van der Waals surface area contributed by atoms with Gasteiger partial charge in [0.05, 0.1) is 6.54 Å². The molecule has 2 aromatic rings. The van der Waals surface area contributed by atoms with Crippen LogP contribution in [0, 0.1) is 0 Å². The monoisotopic (exact) mass is 355 g/mol. The molecule has 6 nitrogen and oxygen atoms in total. The van der Waals surface area contributed by atoms with Gasteiger partial charge >= 0.3 is 12.0 Å². The number of benzene rings is 1. The minimum atomic E-state index is -1.08. The van der Waals surface area contributed by atoms with Crippen molar-refractivity contribution in [3.05, 3.63) is 44.8 Å². The molecule has 20 heavy (non-hydrogen) atoms. The summed E-state index contributed by atoms with van der Waals surface area (Å²) >= 11 is 4.49. The summed E-state index contributed by atoms with van der Waals surface area (Å²) in [5, 5.41) is 16.0. The molecule has 0 saturated heterocycles. The molecule has 0 saturated carbocycles. The number of anilines is 1. The molecule has 0 atom stereocenters. The van der Waals surface area contributed by atoms with E-state index in [9.17, 15) is 9.59 Å². The number of carbonyl (C=O) groups is 2. The molecule has 1 aromatic carbocycles. The molecule has 2 amide bonds. The molecule has 0 spiro atoms. The number of carboxylic acids is 1. The summed E-state index contributed by atoms with van der Waals surface area (Å²) in [6, 6.07) is 6.77. The van der Waals surface area contributed by atoms with Crippen LogP contribution in [0.5, 0.6) is 0 Å². The minimum Gasteiger partial charge on any atom is -0.476 e. The van der Waals surface area contributed by atoms with E-state index in [2.05, 4.69) is 31.5 Å². The van der Waals surface area contributed by atoms with E-state index in [1.165, 1.54) is 16.7 Å². The first kappa shape index (κ1) is 14.5. The van der Waals surface area contributed by atoms with Crippen molar-refractivity contribution in [2.24, 2.45) is 0 Å². The number of hydrogen-bond donors (Lipinski definition) is 3. The fourth-order valence-corrected chi connectivity index (χ4v) is 2.33. The number of carbonyl (C=O) groups excluding carboxylic acids is 1. The van der Waals surface area contributed by atoms with Crippen molar-refractivity contribution in [1.82, 2.24) is 10.3 Å². The molecule has 0 fully saturated rings. The first-order chi connectivity index (χ1) is 9.54. The van der Waals surface area contributed by atoms with Crippen LogP contribution in [0.1, 0.15) is 15.5 Å². The van der Waals surface area contributed by atoms with Crippen molar-refractivity contribution < 1.29 is 14.7 Å². The number of hydrogen-bond acceptors (Lipinski definition) is 4. The quantitative estimate of drug-likeness (QED) is 0.786. The number of nitrogens with zero attached hydrogens (tertiary/aromatic N) is 1. The predicted octanol–water partition coefficient (Wildman–Crippen LogP) is 2.93. The van der Waals surface area contributed by atoms with Gasteiger partial charge in [-0.1, -0.05) is 15.9 Å². The molecule has 8 heteroatoms. The van der Waals surface area contributed by atoms with Gasteiger partial charge in [0.25, 0.3) is 0 Å². The highest BCUT2D eigenvalue weighted by Gasteiger charge is 2.09. The topological polar surface area (TPSA) is 91.3 Å². The molecule has 0 bridgehead atoms. The first-order valence-electron chi connectivity index (χ1n) is 5.53. The number of nitrogens with one attached hydrogen (secondary N) is 2. The second-order valence-electron chi connectivity index (χ2n) is 3.75. The standard InChI is InChI=1S/C12H10BrN3O3S/c13-7-1-3-8(4-2-7)15-12(19)14-5-10-16-9(6-20-10)11(17)18/h1-4,6H,5H2,(H,17,18)(H2,14,15,19). The Labute approximate surface area is 127 Å². The Balaban J connectivity index is 1.85. The lowest BCUT2D eigenvalue weighted by molar-refractivity contribution is 0.0691. The lowest BCUT2D eigenvalue weighted by atomic mass is 10.3. The van der Waals surface area contributed by atoms with Crippen LogP contribution in [-0.4, -0.2) is 22.1 Å². The number of rotatable bonds is 4. The molecule has 2 rings (SSSR count). The van der Waals surface area contributed by atoms with E-state index >= 15 is 0 Å². The average Bonchev–Trinajstić information content (AvgIpc) is 2.88. The van der Waals surface area contributed by atoms with E-state index in [0.29, 0.717) is 10.7 Å². The fourth-order valence-electron chi connectivity index (χ4n) is 1.35. The molecule has 0 unspecified atom stereocenters. The third-order valence-corrected chi connectivity index (χ3v) is 3.65. The Morgan fingerprint density at radius 3 is 2.60 bits per heavy atom. The number of carboxylic acid groups (broad SMARTS) is 1. The van der Waals surface area contributed by atoms with Gasteiger partial charge in [-0.2, -0.15) is 0 Å². The Morgan fingerprint density at radius 1 is 1.30 bits per heavy atom. The minimum absolute atomic E-state index is 0.0138. The number of aromatic carboxylic acids is 1. The van der Waals surface area contributed by atoms with Crippen molar-refractivity contribution >= 4 is 45.0 Å². The van der Waals surface area contributed by atoms with E-state index in [1.807, 2.05) is 12.1 Å². The average molecular weight is 356 g/mol. The Bertz CT molecular complexity index is 627. The highest BCUT2D eigenvalue weighted by atomic mass is 79.9. The van der Waals surface area contributed by atoms with Gasteiger partial charge in [-0.3, -0.25) is 0 Å². The lowest BCUT2D eigenvalue weighted by Gasteiger charge is -2.06. The van der Waals surface area contributed by atoms with Gasteiger partial charge in [-0.05, 0) is 24.3 Å². The van der Waals surface area contributed by atoms with Crippen LogP contribution in [0.2, 0.25) is 0 Å². The largest absolute Gasteiger partial charge is 0.476 e. The van der Waals surface area contributed by atoms with Gasteiger partial charge in [0.15, 0.2) is 5.69 Å². The zero-order valence-corrected chi connectivity index (χ0v) is 12.5. The number of thiazole rings is 1. The maximum atomic E-state index is 11.6. The number of amides is 2. The van der Waals surface area contributed by atoms with Crippen LogP contribution in [0.3, 0.4) is 0 Å². The third-order valence-electron chi connectivity index (χ3n) is 2.27. The van der Waals surface area contributed by atoms with Gasteiger partial charge in [0, 0.05) is 15.5 Å². The van der Waals surface area contributed by atoms with Crippen molar-refractivity contribution in [1.29, 1.82) is 0 Å². The second kappa shape index (κ2) is 6.49. The van der Waals surface area contributed by atoms with Gasteiger partial charge in [-0.25, -0.2) is 14.6 Å². The molecule has 1 aromatic heterocycles. The van der Waals surface area contributed by atoms with Crippen molar-refractivity contribution in [2.45, 2.75) is 6.54 Å². The third kappa shape index (κ3) is 4.04. The van der Waals surface area contributed by atoms with E-state index < -0.39 is 5.97 Å². The zero-order valence-electron chi connectivity index (χ0n) is 10.1. The molecule has 3 N–H and O–H groups in total. The summed E-state index contributed by atoms with van der Waals surface area (Å²) < 4.78 is 0.924. The van der Waals surface area contributed by atoms with E-state index in [1.54, 1.807) is 12.1 Å². The van der Waals surface area contributed by atoms with Crippen LogP contribution in [0.15, 0.2) is 34.1 Å². The summed E-state index contributed by atoms with van der Waals surface area (Å²) in [4.78, 5) is 26.2.